The molecule has 2 aliphatic heterocycles. The van der Waals surface area contributed by atoms with Crippen LogP contribution in [0.4, 0.5) is 4.79 Å². The molecule has 1 amide bonds. The van der Waals surface area contributed by atoms with E-state index in [1.807, 2.05) is 32.7 Å². The first-order valence-corrected chi connectivity index (χ1v) is 6.56. The van der Waals surface area contributed by atoms with Crippen molar-refractivity contribution in [2.75, 3.05) is 13.6 Å². The molecule has 0 aromatic heterocycles. The molecular formula is C13H24N2O2. The highest BCUT2D eigenvalue weighted by Crippen LogP contribution is 2.41. The molecule has 1 aliphatic carbocycles. The highest BCUT2D eigenvalue weighted by molar-refractivity contribution is 5.69. The Morgan fingerprint density at radius 3 is 2.41 bits per heavy atom. The number of nitrogens with zero attached hydrogens (tertiary/aromatic N) is 1. The summed E-state index contributed by atoms with van der Waals surface area (Å²) in [6.07, 6.45) is 4.37. The van der Waals surface area contributed by atoms with Gasteiger partial charge in [0.2, 0.25) is 0 Å². The van der Waals surface area contributed by atoms with Crippen LogP contribution in [-0.4, -0.2) is 35.8 Å². The third-order valence-corrected chi connectivity index (χ3v) is 3.97. The van der Waals surface area contributed by atoms with Gasteiger partial charge in [-0.2, -0.15) is 0 Å². The van der Waals surface area contributed by atoms with E-state index >= 15 is 0 Å². The Labute approximate surface area is 104 Å². The number of rotatable bonds is 1. The third-order valence-electron chi connectivity index (χ3n) is 3.97. The fourth-order valence-electron chi connectivity index (χ4n) is 2.99. The number of carbonyl (C=O) groups is 1. The Hall–Kier alpha value is -0.770. The molecule has 3 aliphatic rings. The van der Waals surface area contributed by atoms with Crippen molar-refractivity contribution in [3.8, 4) is 0 Å². The van der Waals surface area contributed by atoms with Gasteiger partial charge in [-0.25, -0.2) is 4.79 Å². The molecule has 1 N–H and O–H groups in total. The lowest BCUT2D eigenvalue weighted by Crippen LogP contribution is -2.67. The van der Waals surface area contributed by atoms with Crippen molar-refractivity contribution in [3.05, 3.63) is 0 Å². The Morgan fingerprint density at radius 2 is 1.94 bits per heavy atom. The number of hydrogen-bond donors (Lipinski definition) is 1. The van der Waals surface area contributed by atoms with Gasteiger partial charge in [0.1, 0.15) is 5.60 Å². The molecule has 0 aromatic rings. The van der Waals surface area contributed by atoms with Crippen molar-refractivity contribution in [2.24, 2.45) is 5.92 Å². The topological polar surface area (TPSA) is 41.6 Å². The largest absolute Gasteiger partial charge is 0.444 e. The molecule has 0 spiro atoms. The van der Waals surface area contributed by atoms with Gasteiger partial charge >= 0.3 is 6.09 Å². The molecule has 2 heterocycles. The monoisotopic (exact) mass is 240 g/mol. The van der Waals surface area contributed by atoms with Crippen LogP contribution in [0, 0.1) is 5.92 Å². The van der Waals surface area contributed by atoms with E-state index in [1.54, 1.807) is 0 Å². The molecule has 4 nitrogen and oxygen atoms in total. The summed E-state index contributed by atoms with van der Waals surface area (Å²) in [6.45, 7) is 6.59. The lowest BCUT2D eigenvalue weighted by molar-refractivity contribution is -0.0648. The molecule has 0 atom stereocenters. The quantitative estimate of drug-likeness (QED) is 0.765. The standard InChI is InChI=1S/C13H24N2O2/c1-12(2,3)17-11(16)15-9-10-5-7-13(15,14-4)8-6-10/h10,14H,5-9H2,1-4H3. The van der Waals surface area contributed by atoms with Crippen LogP contribution in [0.1, 0.15) is 46.5 Å². The van der Waals surface area contributed by atoms with Crippen molar-refractivity contribution in [3.63, 3.8) is 0 Å². The molecule has 3 fully saturated rings. The van der Waals surface area contributed by atoms with Crippen molar-refractivity contribution in [2.45, 2.75) is 57.7 Å². The Bertz CT molecular complexity index is 301. The van der Waals surface area contributed by atoms with Crippen LogP contribution in [0.15, 0.2) is 0 Å². The normalized spacial score (nSPS) is 32.7. The number of nitrogens with one attached hydrogen (secondary N) is 1. The second-order valence-corrected chi connectivity index (χ2v) is 6.32. The maximum atomic E-state index is 12.2. The molecule has 0 aromatic carbocycles. The Kier molecular flexibility index (Phi) is 3.10. The van der Waals surface area contributed by atoms with Crippen molar-refractivity contribution < 1.29 is 9.53 Å². The summed E-state index contributed by atoms with van der Waals surface area (Å²) in [4.78, 5) is 14.1. The van der Waals surface area contributed by atoms with Gasteiger partial charge in [0.25, 0.3) is 0 Å². The Balaban J connectivity index is 2.12. The molecular weight excluding hydrogens is 216 g/mol. The lowest BCUT2D eigenvalue weighted by atomic mass is 9.75. The van der Waals surface area contributed by atoms with Crippen LogP contribution in [0.3, 0.4) is 0 Å². The van der Waals surface area contributed by atoms with Gasteiger partial charge in [-0.3, -0.25) is 10.2 Å². The first kappa shape index (κ1) is 12.7. The first-order valence-electron chi connectivity index (χ1n) is 6.56. The summed E-state index contributed by atoms with van der Waals surface area (Å²) in [5, 5.41) is 3.35. The Morgan fingerprint density at radius 1 is 1.35 bits per heavy atom. The second-order valence-electron chi connectivity index (χ2n) is 6.32. The summed E-state index contributed by atoms with van der Waals surface area (Å²) >= 11 is 0. The SMILES string of the molecule is CNC12CCC(CC1)CN2C(=O)OC(C)(C)C. The van der Waals surface area contributed by atoms with Crippen LogP contribution in [0.5, 0.6) is 0 Å². The second kappa shape index (κ2) is 4.16. The van der Waals surface area contributed by atoms with E-state index in [1.165, 1.54) is 12.8 Å². The summed E-state index contributed by atoms with van der Waals surface area (Å²) in [6, 6.07) is 0. The molecule has 1 saturated carbocycles. The summed E-state index contributed by atoms with van der Waals surface area (Å²) < 4.78 is 5.50. The minimum absolute atomic E-state index is 0.156. The van der Waals surface area contributed by atoms with Gasteiger partial charge in [-0.05, 0) is 59.4 Å². The number of ether oxygens (including phenoxy) is 1. The first-order chi connectivity index (χ1) is 7.86. The van der Waals surface area contributed by atoms with Gasteiger partial charge in [0.05, 0.1) is 5.66 Å². The van der Waals surface area contributed by atoms with E-state index in [2.05, 4.69) is 5.32 Å². The molecule has 3 rings (SSSR count). The zero-order chi connectivity index (χ0) is 12.7. The fourth-order valence-corrected chi connectivity index (χ4v) is 2.99. The summed E-state index contributed by atoms with van der Waals surface area (Å²) in [7, 11) is 1.95. The zero-order valence-electron chi connectivity index (χ0n) is 11.4. The average Bonchev–Trinajstić information content (AvgIpc) is 2.28. The van der Waals surface area contributed by atoms with E-state index < -0.39 is 5.60 Å². The number of carbonyl (C=O) groups excluding carboxylic acids is 1. The number of piperidine rings is 2. The highest BCUT2D eigenvalue weighted by atomic mass is 16.6. The summed E-state index contributed by atoms with van der Waals surface area (Å²) in [5.74, 6) is 0.665. The van der Waals surface area contributed by atoms with Gasteiger partial charge in [0, 0.05) is 6.54 Å². The predicted octanol–water partition coefficient (Wildman–Crippen LogP) is 2.34. The fraction of sp³-hybridized carbons (Fsp3) is 0.923. The molecule has 0 unspecified atom stereocenters. The smallest absolute Gasteiger partial charge is 0.411 e. The molecule has 4 heteroatoms. The van der Waals surface area contributed by atoms with E-state index in [0.29, 0.717) is 5.92 Å². The summed E-state index contributed by atoms with van der Waals surface area (Å²) in [5.41, 5.74) is -0.570. The van der Waals surface area contributed by atoms with E-state index in [-0.39, 0.29) is 11.8 Å². The minimum Gasteiger partial charge on any atom is -0.444 e. The lowest BCUT2D eigenvalue weighted by Gasteiger charge is -2.54. The number of fused-ring (bicyclic) bond motifs is 3. The van der Waals surface area contributed by atoms with Crippen LogP contribution >= 0.6 is 0 Å². The van der Waals surface area contributed by atoms with E-state index in [9.17, 15) is 4.79 Å². The predicted molar refractivity (Wildman–Crippen MR) is 66.7 cm³/mol. The number of hydrogen-bond acceptors (Lipinski definition) is 3. The molecule has 2 saturated heterocycles. The molecule has 0 radical (unpaired) electrons. The van der Waals surface area contributed by atoms with Gasteiger partial charge in [-0.15, -0.1) is 0 Å². The van der Waals surface area contributed by atoms with Crippen LogP contribution < -0.4 is 5.32 Å². The zero-order valence-corrected chi connectivity index (χ0v) is 11.4. The maximum Gasteiger partial charge on any atom is 0.411 e. The minimum atomic E-state index is -0.414. The highest BCUT2D eigenvalue weighted by Gasteiger charge is 2.48. The average molecular weight is 240 g/mol. The van der Waals surface area contributed by atoms with Crippen molar-refractivity contribution >= 4 is 6.09 Å². The number of amides is 1. The third kappa shape index (κ3) is 2.41. The van der Waals surface area contributed by atoms with E-state index in [4.69, 9.17) is 4.74 Å². The van der Waals surface area contributed by atoms with E-state index in [0.717, 1.165) is 19.4 Å². The van der Waals surface area contributed by atoms with Crippen molar-refractivity contribution in [1.29, 1.82) is 0 Å². The van der Waals surface area contributed by atoms with Crippen LogP contribution in [0.2, 0.25) is 0 Å². The van der Waals surface area contributed by atoms with Gasteiger partial charge in [-0.1, -0.05) is 0 Å². The van der Waals surface area contributed by atoms with Gasteiger partial charge < -0.3 is 4.74 Å². The molecule has 17 heavy (non-hydrogen) atoms. The maximum absolute atomic E-state index is 12.2. The van der Waals surface area contributed by atoms with Crippen LogP contribution in [-0.2, 0) is 4.74 Å². The van der Waals surface area contributed by atoms with Crippen molar-refractivity contribution in [1.82, 2.24) is 10.2 Å². The molecule has 98 valence electrons. The van der Waals surface area contributed by atoms with Crippen LogP contribution in [0.25, 0.3) is 0 Å². The molecule has 2 bridgehead atoms. The van der Waals surface area contributed by atoms with Gasteiger partial charge in [0.15, 0.2) is 0 Å².